The normalized spacial score (nSPS) is 37.4. The quantitative estimate of drug-likeness (QED) is 0.575. The van der Waals surface area contributed by atoms with Gasteiger partial charge in [-0.15, -0.1) is 0 Å². The van der Waals surface area contributed by atoms with Crippen molar-refractivity contribution in [1.82, 2.24) is 10.2 Å². The molecule has 0 aromatic heterocycles. The van der Waals surface area contributed by atoms with E-state index < -0.39 is 0 Å². The molecule has 0 aromatic rings. The van der Waals surface area contributed by atoms with Crippen LogP contribution in [0.15, 0.2) is 0 Å². The topological polar surface area (TPSA) is 32.3 Å². The summed E-state index contributed by atoms with van der Waals surface area (Å²) in [6.45, 7) is 4.01. The number of amides is 1. The van der Waals surface area contributed by atoms with Gasteiger partial charge in [-0.05, 0) is 19.4 Å². The average Bonchev–Trinajstić information content (AvgIpc) is 2.34. The highest BCUT2D eigenvalue weighted by Gasteiger charge is 2.40. The van der Waals surface area contributed by atoms with Crippen LogP contribution < -0.4 is 5.32 Å². The molecule has 2 fully saturated rings. The molecule has 3 heteroatoms. The molecule has 2 aliphatic heterocycles. The second kappa shape index (κ2) is 2.48. The van der Waals surface area contributed by atoms with Gasteiger partial charge in [0.15, 0.2) is 0 Å². The van der Waals surface area contributed by atoms with Crippen molar-refractivity contribution in [2.75, 3.05) is 13.1 Å². The molecule has 2 saturated heterocycles. The van der Waals surface area contributed by atoms with Gasteiger partial charge in [0.05, 0.1) is 6.04 Å². The Bertz CT molecular complexity index is 181. The number of fused-ring (bicyclic) bond motifs is 2. The van der Waals surface area contributed by atoms with E-state index in [-0.39, 0.29) is 11.9 Å². The summed E-state index contributed by atoms with van der Waals surface area (Å²) in [4.78, 5) is 13.6. The lowest BCUT2D eigenvalue weighted by Crippen LogP contribution is -2.55. The number of nitrogens with zero attached hydrogens (tertiary/aromatic N) is 1. The van der Waals surface area contributed by atoms with Gasteiger partial charge in [-0.1, -0.05) is 6.92 Å². The fourth-order valence-corrected chi connectivity index (χ4v) is 2.25. The summed E-state index contributed by atoms with van der Waals surface area (Å²) in [5.74, 6) is 0.237. The molecule has 0 saturated carbocycles. The molecule has 2 aliphatic rings. The van der Waals surface area contributed by atoms with Crippen LogP contribution in [0.25, 0.3) is 0 Å². The lowest BCUT2D eigenvalue weighted by atomic mass is 10.2. The van der Waals surface area contributed by atoms with Crippen molar-refractivity contribution in [3.8, 4) is 0 Å². The summed E-state index contributed by atoms with van der Waals surface area (Å²) in [6, 6.07) is 0.821. The molecule has 2 rings (SSSR count). The second-order valence-corrected chi connectivity index (χ2v) is 3.32. The molecule has 2 atom stereocenters. The van der Waals surface area contributed by atoms with E-state index in [2.05, 4.69) is 17.1 Å². The van der Waals surface area contributed by atoms with E-state index in [4.69, 9.17) is 0 Å². The van der Waals surface area contributed by atoms with Gasteiger partial charge in [-0.3, -0.25) is 9.69 Å². The fraction of sp³-hybridized carbons (Fsp3) is 0.875. The first kappa shape index (κ1) is 7.10. The van der Waals surface area contributed by atoms with E-state index in [1.54, 1.807) is 0 Å². The van der Waals surface area contributed by atoms with Gasteiger partial charge in [0.2, 0.25) is 5.91 Å². The predicted molar refractivity (Wildman–Crippen MR) is 42.2 cm³/mol. The maximum atomic E-state index is 11.3. The van der Waals surface area contributed by atoms with E-state index in [1.807, 2.05) is 0 Å². The zero-order chi connectivity index (χ0) is 7.84. The van der Waals surface area contributed by atoms with Gasteiger partial charge >= 0.3 is 0 Å². The molecule has 3 nitrogen and oxygen atoms in total. The molecule has 0 aliphatic carbocycles. The van der Waals surface area contributed by atoms with Crippen LogP contribution in [0.1, 0.15) is 19.8 Å². The number of carbonyl (C=O) groups excluding carboxylic acids is 1. The Labute approximate surface area is 66.8 Å². The van der Waals surface area contributed by atoms with Crippen molar-refractivity contribution in [3.05, 3.63) is 0 Å². The third-order valence-corrected chi connectivity index (χ3v) is 2.82. The number of rotatable bonds is 1. The van der Waals surface area contributed by atoms with E-state index >= 15 is 0 Å². The highest BCUT2D eigenvalue weighted by atomic mass is 16.2. The van der Waals surface area contributed by atoms with Crippen molar-refractivity contribution < 1.29 is 4.79 Å². The van der Waals surface area contributed by atoms with Crippen LogP contribution in [0.5, 0.6) is 0 Å². The fourth-order valence-electron chi connectivity index (χ4n) is 2.25. The van der Waals surface area contributed by atoms with Crippen molar-refractivity contribution in [2.24, 2.45) is 0 Å². The summed E-state index contributed by atoms with van der Waals surface area (Å²) in [6.07, 6.45) is 2.25. The minimum Gasteiger partial charge on any atom is -0.353 e. The Morgan fingerprint density at radius 1 is 1.64 bits per heavy atom. The average molecular weight is 154 g/mol. The number of piperazine rings is 1. The molecule has 0 aromatic carbocycles. The monoisotopic (exact) mass is 154 g/mol. The zero-order valence-corrected chi connectivity index (χ0v) is 6.84. The van der Waals surface area contributed by atoms with E-state index in [0.717, 1.165) is 19.5 Å². The first-order valence-electron chi connectivity index (χ1n) is 4.36. The van der Waals surface area contributed by atoms with E-state index in [9.17, 15) is 4.79 Å². The molecule has 0 spiro atoms. The number of hydrogen-bond donors (Lipinski definition) is 1. The van der Waals surface area contributed by atoms with Crippen LogP contribution in [0.3, 0.4) is 0 Å². The van der Waals surface area contributed by atoms with Crippen LogP contribution in [0.4, 0.5) is 0 Å². The lowest BCUT2D eigenvalue weighted by Gasteiger charge is -2.32. The molecule has 0 radical (unpaired) electrons. The molecule has 1 N–H and O–H groups in total. The minimum absolute atomic E-state index is 0.193. The standard InChI is InChI=1S/C8H14N2O/c1-2-10-6-3-4-7(10)8(11)9-5-6/h6-7H,2-5H2,1H3,(H,9,11). The second-order valence-electron chi connectivity index (χ2n) is 3.32. The first-order chi connectivity index (χ1) is 5.33. The predicted octanol–water partition coefficient (Wildman–Crippen LogP) is -0.0309. The van der Waals surface area contributed by atoms with Gasteiger partial charge in [0.1, 0.15) is 0 Å². The Hall–Kier alpha value is -0.570. The molecule has 11 heavy (non-hydrogen) atoms. The zero-order valence-electron chi connectivity index (χ0n) is 6.84. The Balaban J connectivity index is 2.16. The Morgan fingerprint density at radius 2 is 2.45 bits per heavy atom. The van der Waals surface area contributed by atoms with Crippen molar-refractivity contribution in [3.63, 3.8) is 0 Å². The number of carbonyl (C=O) groups is 1. The maximum absolute atomic E-state index is 11.3. The highest BCUT2D eigenvalue weighted by Crippen LogP contribution is 2.26. The molecule has 2 heterocycles. The smallest absolute Gasteiger partial charge is 0.237 e. The largest absolute Gasteiger partial charge is 0.353 e. The molecule has 2 unspecified atom stereocenters. The summed E-state index contributed by atoms with van der Waals surface area (Å²) in [7, 11) is 0. The summed E-state index contributed by atoms with van der Waals surface area (Å²) in [5.41, 5.74) is 0. The molecular weight excluding hydrogens is 140 g/mol. The molecule has 1 amide bonds. The molecular formula is C8H14N2O. The third kappa shape index (κ3) is 0.948. The third-order valence-electron chi connectivity index (χ3n) is 2.82. The van der Waals surface area contributed by atoms with Crippen molar-refractivity contribution >= 4 is 5.91 Å². The van der Waals surface area contributed by atoms with E-state index in [0.29, 0.717) is 6.04 Å². The Morgan fingerprint density at radius 3 is 3.09 bits per heavy atom. The number of hydrogen-bond acceptors (Lipinski definition) is 2. The molecule has 2 bridgehead atoms. The lowest BCUT2D eigenvalue weighted by molar-refractivity contribution is -0.128. The van der Waals surface area contributed by atoms with Crippen LogP contribution in [-0.4, -0.2) is 36.0 Å². The Kier molecular flexibility index (Phi) is 1.60. The van der Waals surface area contributed by atoms with Crippen LogP contribution in [0, 0.1) is 0 Å². The first-order valence-corrected chi connectivity index (χ1v) is 4.36. The van der Waals surface area contributed by atoms with Gasteiger partial charge in [0.25, 0.3) is 0 Å². The van der Waals surface area contributed by atoms with Crippen LogP contribution in [0.2, 0.25) is 0 Å². The highest BCUT2D eigenvalue weighted by molar-refractivity contribution is 5.83. The van der Waals surface area contributed by atoms with Crippen molar-refractivity contribution in [2.45, 2.75) is 31.8 Å². The summed E-state index contributed by atoms with van der Waals surface area (Å²) >= 11 is 0. The SMILES string of the molecule is CCN1C2CCC1C(=O)NC2. The maximum Gasteiger partial charge on any atom is 0.237 e. The van der Waals surface area contributed by atoms with Crippen LogP contribution in [-0.2, 0) is 4.79 Å². The van der Waals surface area contributed by atoms with Gasteiger partial charge in [0, 0.05) is 12.6 Å². The minimum atomic E-state index is 0.193. The van der Waals surface area contributed by atoms with Crippen LogP contribution >= 0.6 is 0 Å². The van der Waals surface area contributed by atoms with E-state index in [1.165, 1.54) is 6.42 Å². The van der Waals surface area contributed by atoms with Gasteiger partial charge in [-0.25, -0.2) is 0 Å². The number of nitrogens with one attached hydrogen (secondary N) is 1. The van der Waals surface area contributed by atoms with Gasteiger partial charge in [-0.2, -0.15) is 0 Å². The molecule has 62 valence electrons. The number of likely N-dealkylation sites (N-methyl/N-ethyl adjacent to an activating group) is 1. The van der Waals surface area contributed by atoms with Crippen molar-refractivity contribution in [1.29, 1.82) is 0 Å². The summed E-state index contributed by atoms with van der Waals surface area (Å²) < 4.78 is 0. The van der Waals surface area contributed by atoms with Gasteiger partial charge < -0.3 is 5.32 Å². The summed E-state index contributed by atoms with van der Waals surface area (Å²) in [5, 5.41) is 2.93.